The van der Waals surface area contributed by atoms with Crippen LogP contribution in [-0.2, 0) is 13.5 Å². The maximum Gasteiger partial charge on any atom is 0.171 e. The van der Waals surface area contributed by atoms with Crippen LogP contribution in [0.25, 0.3) is 0 Å². The summed E-state index contributed by atoms with van der Waals surface area (Å²) in [6.45, 7) is 5.97. The molecule has 0 aliphatic rings. The Kier molecular flexibility index (Phi) is 4.91. The monoisotopic (exact) mass is 307 g/mol. The second kappa shape index (κ2) is 6.50. The molecule has 5 heteroatoms. The van der Waals surface area contributed by atoms with E-state index in [4.69, 9.17) is 22.1 Å². The highest BCUT2D eigenvalue weighted by molar-refractivity contribution is 6.32. The van der Waals surface area contributed by atoms with Gasteiger partial charge in [-0.2, -0.15) is 5.10 Å². The van der Waals surface area contributed by atoms with Gasteiger partial charge < -0.3 is 10.5 Å². The fourth-order valence-electron chi connectivity index (χ4n) is 2.21. The van der Waals surface area contributed by atoms with Crippen LogP contribution in [0.3, 0.4) is 0 Å². The van der Waals surface area contributed by atoms with Crippen molar-refractivity contribution in [2.75, 3.05) is 0 Å². The van der Waals surface area contributed by atoms with Crippen molar-refractivity contribution in [2.24, 2.45) is 12.8 Å². The molecule has 0 aliphatic carbocycles. The van der Waals surface area contributed by atoms with Crippen molar-refractivity contribution in [2.45, 2.75) is 39.7 Å². The second-order valence-corrected chi connectivity index (χ2v) is 5.77. The highest BCUT2D eigenvalue weighted by atomic mass is 35.5. The number of rotatable bonds is 5. The number of aryl methyl sites for hydroxylation is 2. The van der Waals surface area contributed by atoms with Gasteiger partial charge in [0.25, 0.3) is 0 Å². The lowest BCUT2D eigenvalue weighted by molar-refractivity contribution is 0.474. The summed E-state index contributed by atoms with van der Waals surface area (Å²) in [5.41, 5.74) is 8.92. The van der Waals surface area contributed by atoms with Gasteiger partial charge in [0.1, 0.15) is 11.4 Å². The van der Waals surface area contributed by atoms with Gasteiger partial charge in [-0.05, 0) is 44.4 Å². The number of ether oxygens (including phenoxy) is 1. The lowest BCUT2D eigenvalue weighted by Gasteiger charge is -2.12. The molecule has 2 rings (SSSR count). The maximum absolute atomic E-state index is 6.32. The van der Waals surface area contributed by atoms with E-state index in [1.807, 2.05) is 39.1 Å². The van der Waals surface area contributed by atoms with Crippen LogP contribution < -0.4 is 10.5 Å². The van der Waals surface area contributed by atoms with Gasteiger partial charge in [-0.1, -0.05) is 24.6 Å². The van der Waals surface area contributed by atoms with Gasteiger partial charge in [0, 0.05) is 13.1 Å². The smallest absolute Gasteiger partial charge is 0.171 e. The predicted molar refractivity (Wildman–Crippen MR) is 86.2 cm³/mol. The zero-order chi connectivity index (χ0) is 15.6. The van der Waals surface area contributed by atoms with Gasteiger partial charge in [0.05, 0.1) is 10.7 Å². The Morgan fingerprint density at radius 1 is 1.38 bits per heavy atom. The highest BCUT2D eigenvalue weighted by Crippen LogP contribution is 2.33. The third-order valence-corrected chi connectivity index (χ3v) is 3.97. The van der Waals surface area contributed by atoms with Crippen LogP contribution in [0, 0.1) is 13.8 Å². The molecule has 0 amide bonds. The average molecular weight is 308 g/mol. The van der Waals surface area contributed by atoms with Crippen LogP contribution in [0.15, 0.2) is 18.2 Å². The van der Waals surface area contributed by atoms with Crippen LogP contribution >= 0.6 is 11.6 Å². The first-order valence-corrected chi connectivity index (χ1v) is 7.52. The summed E-state index contributed by atoms with van der Waals surface area (Å²) >= 11 is 6.32. The molecule has 0 fully saturated rings. The third kappa shape index (κ3) is 3.57. The Bertz CT molecular complexity index is 637. The van der Waals surface area contributed by atoms with Crippen LogP contribution in [-0.4, -0.2) is 15.8 Å². The minimum atomic E-state index is 0.163. The maximum atomic E-state index is 6.32. The van der Waals surface area contributed by atoms with Gasteiger partial charge in [-0.3, -0.25) is 4.68 Å². The molecule has 4 nitrogen and oxygen atoms in total. The first-order chi connectivity index (χ1) is 9.92. The van der Waals surface area contributed by atoms with Crippen LogP contribution in [0.5, 0.6) is 11.5 Å². The minimum Gasteiger partial charge on any atom is -0.452 e. The summed E-state index contributed by atoms with van der Waals surface area (Å²) in [6.07, 6.45) is 1.77. The Morgan fingerprint density at radius 2 is 2.10 bits per heavy atom. The van der Waals surface area contributed by atoms with E-state index in [2.05, 4.69) is 12.0 Å². The number of nitrogens with two attached hydrogens (primary N) is 1. The SMILES string of the molecule is CCC(N)Cc1ccc(Oc2c(C)nn(C)c2C)c(Cl)c1. The molecule has 1 atom stereocenters. The van der Waals surface area contributed by atoms with Crippen molar-refractivity contribution in [1.82, 2.24) is 9.78 Å². The quantitative estimate of drug-likeness (QED) is 0.915. The van der Waals surface area contributed by atoms with E-state index in [0.717, 1.165) is 35.5 Å². The van der Waals surface area contributed by atoms with Gasteiger partial charge >= 0.3 is 0 Å². The first kappa shape index (κ1) is 15.9. The molecule has 0 bridgehead atoms. The zero-order valence-electron chi connectivity index (χ0n) is 13.0. The highest BCUT2D eigenvalue weighted by Gasteiger charge is 2.14. The summed E-state index contributed by atoms with van der Waals surface area (Å²) in [7, 11) is 1.89. The molecule has 2 aromatic rings. The van der Waals surface area contributed by atoms with Crippen molar-refractivity contribution in [3.63, 3.8) is 0 Å². The molecule has 114 valence electrons. The molecule has 0 saturated carbocycles. The summed E-state index contributed by atoms with van der Waals surface area (Å²) in [5, 5.41) is 4.93. The van der Waals surface area contributed by atoms with E-state index in [0.29, 0.717) is 10.8 Å². The molecule has 0 aliphatic heterocycles. The Hall–Kier alpha value is -1.52. The minimum absolute atomic E-state index is 0.163. The summed E-state index contributed by atoms with van der Waals surface area (Å²) in [5.74, 6) is 1.40. The fourth-order valence-corrected chi connectivity index (χ4v) is 2.45. The van der Waals surface area contributed by atoms with E-state index in [-0.39, 0.29) is 6.04 Å². The van der Waals surface area contributed by atoms with E-state index in [9.17, 15) is 0 Å². The zero-order valence-corrected chi connectivity index (χ0v) is 13.7. The molecule has 21 heavy (non-hydrogen) atoms. The van der Waals surface area contributed by atoms with Gasteiger partial charge in [-0.15, -0.1) is 0 Å². The molecule has 0 radical (unpaired) electrons. The number of nitrogens with zero attached hydrogens (tertiary/aromatic N) is 2. The van der Waals surface area contributed by atoms with Crippen molar-refractivity contribution in [1.29, 1.82) is 0 Å². The van der Waals surface area contributed by atoms with Crippen LogP contribution in [0.1, 0.15) is 30.3 Å². The summed E-state index contributed by atoms with van der Waals surface area (Å²) in [6, 6.07) is 5.99. The second-order valence-electron chi connectivity index (χ2n) is 5.36. The standard InChI is InChI=1S/C16H22ClN3O/c1-5-13(18)8-12-6-7-15(14(17)9-12)21-16-10(2)19-20(4)11(16)3/h6-7,9,13H,5,8,18H2,1-4H3. The van der Waals surface area contributed by atoms with E-state index in [1.54, 1.807) is 4.68 Å². The molecule has 1 heterocycles. The fraction of sp³-hybridized carbons (Fsp3) is 0.438. The lowest BCUT2D eigenvalue weighted by Crippen LogP contribution is -2.21. The molecule has 0 saturated heterocycles. The first-order valence-electron chi connectivity index (χ1n) is 7.14. The van der Waals surface area contributed by atoms with Crippen molar-refractivity contribution in [3.8, 4) is 11.5 Å². The number of hydrogen-bond donors (Lipinski definition) is 1. The molecule has 1 aromatic carbocycles. The average Bonchev–Trinajstić information content (AvgIpc) is 2.67. The van der Waals surface area contributed by atoms with Crippen LogP contribution in [0.4, 0.5) is 0 Å². The number of aromatic nitrogens is 2. The van der Waals surface area contributed by atoms with E-state index in [1.165, 1.54) is 0 Å². The lowest BCUT2D eigenvalue weighted by atomic mass is 10.0. The van der Waals surface area contributed by atoms with Gasteiger partial charge in [-0.25, -0.2) is 0 Å². The molecule has 1 aromatic heterocycles. The Morgan fingerprint density at radius 3 is 2.62 bits per heavy atom. The van der Waals surface area contributed by atoms with E-state index >= 15 is 0 Å². The Balaban J connectivity index is 2.21. The third-order valence-electron chi connectivity index (χ3n) is 3.67. The topological polar surface area (TPSA) is 53.1 Å². The van der Waals surface area contributed by atoms with Crippen molar-refractivity contribution in [3.05, 3.63) is 40.2 Å². The van der Waals surface area contributed by atoms with E-state index < -0.39 is 0 Å². The Labute approximate surface area is 130 Å². The van der Waals surface area contributed by atoms with Gasteiger partial charge in [0.2, 0.25) is 0 Å². The largest absolute Gasteiger partial charge is 0.452 e. The number of benzene rings is 1. The number of hydrogen-bond acceptors (Lipinski definition) is 3. The molecular formula is C16H22ClN3O. The van der Waals surface area contributed by atoms with Gasteiger partial charge in [0.15, 0.2) is 5.75 Å². The summed E-state index contributed by atoms with van der Waals surface area (Å²) < 4.78 is 7.73. The van der Waals surface area contributed by atoms with Crippen molar-refractivity contribution >= 4 is 11.6 Å². The molecular weight excluding hydrogens is 286 g/mol. The van der Waals surface area contributed by atoms with Crippen LogP contribution in [0.2, 0.25) is 5.02 Å². The normalized spacial score (nSPS) is 12.5. The molecule has 0 spiro atoms. The predicted octanol–water partition coefficient (Wildman–Crippen LogP) is 3.76. The molecule has 1 unspecified atom stereocenters. The number of halogens is 1. The summed E-state index contributed by atoms with van der Waals surface area (Å²) in [4.78, 5) is 0. The molecule has 2 N–H and O–H groups in total. The van der Waals surface area contributed by atoms with Crippen molar-refractivity contribution < 1.29 is 4.74 Å².